The van der Waals surface area contributed by atoms with E-state index in [4.69, 9.17) is 0 Å². The number of hydrogen-bond acceptors (Lipinski definition) is 3. The van der Waals surface area contributed by atoms with Crippen molar-refractivity contribution in [3.63, 3.8) is 0 Å². The highest BCUT2D eigenvalue weighted by molar-refractivity contribution is 6.11. The van der Waals surface area contributed by atoms with Crippen molar-refractivity contribution >= 4 is 43.6 Å². The third kappa shape index (κ3) is 4.38. The summed E-state index contributed by atoms with van der Waals surface area (Å²) in [5.41, 5.74) is 11.5. The van der Waals surface area contributed by atoms with Gasteiger partial charge in [-0.2, -0.15) is 15.8 Å². The first-order valence-corrected chi connectivity index (χ1v) is 16.3. The number of para-hydroxylation sites is 3. The molecule has 5 nitrogen and oxygen atoms in total. The minimum atomic E-state index is 0.573. The Bertz CT molecular complexity index is 2970. The Morgan fingerprint density at radius 2 is 1.02 bits per heavy atom. The largest absolute Gasteiger partial charge is 0.309 e. The van der Waals surface area contributed by atoms with Crippen molar-refractivity contribution in [1.29, 1.82) is 15.8 Å². The zero-order valence-electron chi connectivity index (χ0n) is 26.7. The van der Waals surface area contributed by atoms with Crippen molar-refractivity contribution in [3.8, 4) is 51.8 Å². The Morgan fingerprint density at radius 3 is 1.82 bits per heavy atom. The Kier molecular flexibility index (Phi) is 6.56. The van der Waals surface area contributed by atoms with Gasteiger partial charge in [0.2, 0.25) is 0 Å². The maximum absolute atomic E-state index is 10.5. The fourth-order valence-corrected chi connectivity index (χ4v) is 7.40. The molecule has 9 rings (SSSR count). The molecule has 0 amide bonds. The van der Waals surface area contributed by atoms with Crippen LogP contribution < -0.4 is 0 Å². The number of nitriles is 3. The molecule has 0 aliphatic rings. The lowest BCUT2D eigenvalue weighted by molar-refractivity contribution is 1.18. The third-order valence-corrected chi connectivity index (χ3v) is 9.62. The molecule has 0 N–H and O–H groups in total. The van der Waals surface area contributed by atoms with Gasteiger partial charge >= 0.3 is 0 Å². The molecule has 0 aliphatic heterocycles. The Morgan fingerprint density at radius 1 is 0.380 bits per heavy atom. The number of nitrogens with zero attached hydrogens (tertiary/aromatic N) is 5. The third-order valence-electron chi connectivity index (χ3n) is 9.62. The first kappa shape index (κ1) is 28.8. The van der Waals surface area contributed by atoms with Crippen LogP contribution in [0, 0.1) is 34.0 Å². The molecule has 0 fully saturated rings. The van der Waals surface area contributed by atoms with Crippen LogP contribution >= 0.6 is 0 Å². The molecule has 0 atom stereocenters. The molecule has 2 aromatic heterocycles. The van der Waals surface area contributed by atoms with Crippen LogP contribution in [0.3, 0.4) is 0 Å². The van der Waals surface area contributed by atoms with E-state index in [9.17, 15) is 15.8 Å². The van der Waals surface area contributed by atoms with Gasteiger partial charge in [0.15, 0.2) is 0 Å². The average molecular weight is 636 g/mol. The van der Waals surface area contributed by atoms with Crippen LogP contribution in [0.1, 0.15) is 16.7 Å². The van der Waals surface area contributed by atoms with Gasteiger partial charge in [-0.25, -0.2) is 0 Å². The van der Waals surface area contributed by atoms with Gasteiger partial charge in [-0.1, -0.05) is 84.9 Å². The number of hydrogen-bond donors (Lipinski definition) is 0. The van der Waals surface area contributed by atoms with E-state index in [-0.39, 0.29) is 0 Å². The SMILES string of the molecule is N#Cc1ccc2c(c1)c1ccccc1n2-c1cccc(-c2ccc(-c3ccccc3-n3c4ccccc4c4ccc(C#N)cc43)cc2C#N)c1. The Labute approximate surface area is 287 Å². The van der Waals surface area contributed by atoms with Crippen LogP contribution in [-0.4, -0.2) is 9.13 Å². The predicted molar refractivity (Wildman–Crippen MR) is 200 cm³/mol. The molecular weight excluding hydrogens is 611 g/mol. The highest BCUT2D eigenvalue weighted by atomic mass is 15.0. The summed E-state index contributed by atoms with van der Waals surface area (Å²) in [4.78, 5) is 0. The van der Waals surface area contributed by atoms with Gasteiger partial charge < -0.3 is 9.13 Å². The van der Waals surface area contributed by atoms with Gasteiger partial charge in [-0.05, 0) is 83.4 Å². The second kappa shape index (κ2) is 11.4. The molecule has 0 radical (unpaired) electrons. The normalized spacial score (nSPS) is 11.1. The second-order valence-corrected chi connectivity index (χ2v) is 12.3. The fourth-order valence-electron chi connectivity index (χ4n) is 7.40. The summed E-state index contributed by atoms with van der Waals surface area (Å²) in [7, 11) is 0. The number of fused-ring (bicyclic) bond motifs is 6. The molecule has 9 aromatic rings. The van der Waals surface area contributed by atoms with Gasteiger partial charge in [-0.3, -0.25) is 0 Å². The molecule has 5 heteroatoms. The van der Waals surface area contributed by atoms with Crippen LogP contribution in [-0.2, 0) is 0 Å². The lowest BCUT2D eigenvalue weighted by Crippen LogP contribution is -1.98. The highest BCUT2D eigenvalue weighted by Crippen LogP contribution is 2.39. The van der Waals surface area contributed by atoms with Crippen molar-refractivity contribution < 1.29 is 0 Å². The van der Waals surface area contributed by atoms with E-state index in [1.165, 1.54) is 0 Å². The van der Waals surface area contributed by atoms with E-state index in [0.717, 1.165) is 77.2 Å². The smallest absolute Gasteiger partial charge is 0.0998 e. The maximum atomic E-state index is 10.5. The van der Waals surface area contributed by atoms with E-state index < -0.39 is 0 Å². The number of benzene rings is 7. The van der Waals surface area contributed by atoms with Crippen LogP contribution in [0.5, 0.6) is 0 Å². The van der Waals surface area contributed by atoms with E-state index in [1.54, 1.807) is 0 Å². The number of aromatic nitrogens is 2. The Hall–Kier alpha value is -7.39. The van der Waals surface area contributed by atoms with E-state index in [0.29, 0.717) is 16.7 Å². The molecule has 0 bridgehead atoms. The minimum Gasteiger partial charge on any atom is -0.309 e. The van der Waals surface area contributed by atoms with Crippen LogP contribution in [0.15, 0.2) is 152 Å². The van der Waals surface area contributed by atoms with Crippen molar-refractivity contribution in [2.45, 2.75) is 0 Å². The molecule has 0 spiro atoms. The average Bonchev–Trinajstić information content (AvgIpc) is 3.69. The lowest BCUT2D eigenvalue weighted by atomic mass is 9.94. The molecule has 230 valence electrons. The monoisotopic (exact) mass is 635 g/mol. The molecule has 0 saturated carbocycles. The summed E-state index contributed by atoms with van der Waals surface area (Å²) in [5.74, 6) is 0. The molecule has 0 aliphatic carbocycles. The molecule has 50 heavy (non-hydrogen) atoms. The topological polar surface area (TPSA) is 81.2 Å². The summed E-state index contributed by atoms with van der Waals surface area (Å²) in [6.07, 6.45) is 0. The summed E-state index contributed by atoms with van der Waals surface area (Å²) in [5, 5.41) is 34.1. The first-order chi connectivity index (χ1) is 24.7. The predicted octanol–water partition coefficient (Wildman–Crippen LogP) is 10.8. The van der Waals surface area contributed by atoms with Gasteiger partial charge in [-0.15, -0.1) is 0 Å². The molecular formula is C45H25N5. The van der Waals surface area contributed by atoms with Gasteiger partial charge in [0, 0.05) is 32.8 Å². The summed E-state index contributed by atoms with van der Waals surface area (Å²) in [6, 6.07) is 57.8. The maximum Gasteiger partial charge on any atom is 0.0998 e. The number of rotatable bonds is 4. The Balaban J connectivity index is 1.19. The summed E-state index contributed by atoms with van der Waals surface area (Å²) in [6.45, 7) is 0. The quantitative estimate of drug-likeness (QED) is 0.193. The van der Waals surface area contributed by atoms with Gasteiger partial charge in [0.25, 0.3) is 0 Å². The van der Waals surface area contributed by atoms with Crippen LogP contribution in [0.25, 0.3) is 77.2 Å². The van der Waals surface area contributed by atoms with E-state index in [2.05, 4.69) is 81.9 Å². The van der Waals surface area contributed by atoms with Gasteiger partial charge in [0.1, 0.15) is 0 Å². The minimum absolute atomic E-state index is 0.573. The summed E-state index contributed by atoms with van der Waals surface area (Å²) < 4.78 is 4.44. The van der Waals surface area contributed by atoms with Crippen molar-refractivity contribution in [2.24, 2.45) is 0 Å². The van der Waals surface area contributed by atoms with Crippen molar-refractivity contribution in [2.75, 3.05) is 0 Å². The van der Waals surface area contributed by atoms with E-state index in [1.807, 2.05) is 97.1 Å². The first-order valence-electron chi connectivity index (χ1n) is 16.3. The molecule has 2 heterocycles. The van der Waals surface area contributed by atoms with Crippen LogP contribution in [0.2, 0.25) is 0 Å². The van der Waals surface area contributed by atoms with Gasteiger partial charge in [0.05, 0.1) is 62.7 Å². The van der Waals surface area contributed by atoms with Crippen LogP contribution in [0.4, 0.5) is 0 Å². The van der Waals surface area contributed by atoms with E-state index >= 15 is 0 Å². The highest BCUT2D eigenvalue weighted by Gasteiger charge is 2.18. The molecule has 7 aromatic carbocycles. The summed E-state index contributed by atoms with van der Waals surface area (Å²) >= 11 is 0. The van der Waals surface area contributed by atoms with Crippen molar-refractivity contribution in [3.05, 3.63) is 168 Å². The molecule has 0 unspecified atom stereocenters. The molecule has 0 saturated heterocycles. The standard InChI is InChI=1S/C45H25N5/c46-26-29-17-21-44-40(22-29)38-12-3-5-14-42(38)49(44)34-9-7-8-31(25-34)35-20-18-32(24-33(35)28-48)36-10-1-4-13-41(36)50-43-15-6-2-11-37(43)39-19-16-30(27-47)23-45(39)50/h1-25H. The zero-order chi connectivity index (χ0) is 33.8. The second-order valence-electron chi connectivity index (χ2n) is 12.3. The fraction of sp³-hybridized carbons (Fsp3) is 0. The zero-order valence-corrected chi connectivity index (χ0v) is 26.7. The lowest BCUT2D eigenvalue weighted by Gasteiger charge is -2.15. The van der Waals surface area contributed by atoms with Crippen molar-refractivity contribution in [1.82, 2.24) is 9.13 Å².